The van der Waals surface area contributed by atoms with Crippen LogP contribution in [0.2, 0.25) is 0 Å². The fourth-order valence-corrected chi connectivity index (χ4v) is 4.24. The molecule has 0 spiro atoms. The van der Waals surface area contributed by atoms with Gasteiger partial charge in [-0.15, -0.1) is 0 Å². The van der Waals surface area contributed by atoms with E-state index in [9.17, 15) is 14.0 Å². The number of carbonyl (C=O) groups excluding carboxylic acids is 2. The summed E-state index contributed by atoms with van der Waals surface area (Å²) in [5.41, 5.74) is 0.380. The van der Waals surface area contributed by atoms with Crippen molar-refractivity contribution >= 4 is 38.8 Å². The number of hydrogen-bond acceptors (Lipinski definition) is 4. The molecule has 2 aliphatic rings. The largest absolute Gasteiger partial charge is 0.444 e. The third kappa shape index (κ3) is 3.25. The summed E-state index contributed by atoms with van der Waals surface area (Å²) in [7, 11) is 0. The zero-order valence-corrected chi connectivity index (χ0v) is 17.6. The van der Waals surface area contributed by atoms with E-state index in [4.69, 9.17) is 4.74 Å². The normalized spacial score (nSPS) is 20.0. The van der Waals surface area contributed by atoms with Crippen molar-refractivity contribution in [1.29, 1.82) is 0 Å². The number of aryl methyl sites for hydroxylation is 1. The van der Waals surface area contributed by atoms with Gasteiger partial charge in [-0.3, -0.25) is 9.48 Å². The summed E-state index contributed by atoms with van der Waals surface area (Å²) in [6.45, 7) is 7.21. The zero-order chi connectivity index (χ0) is 20.2. The molecule has 1 aromatic heterocycles. The summed E-state index contributed by atoms with van der Waals surface area (Å²) in [5.74, 6) is -0.716. The molecule has 1 atom stereocenters. The topological polar surface area (TPSA) is 67.7 Å². The molecule has 2 amide bonds. The maximum absolute atomic E-state index is 14.4. The lowest BCUT2D eigenvalue weighted by molar-refractivity contribution is 0.00275. The number of rotatable bonds is 0. The molecule has 1 saturated heterocycles. The van der Waals surface area contributed by atoms with Gasteiger partial charge in [0.05, 0.1) is 27.8 Å². The summed E-state index contributed by atoms with van der Waals surface area (Å²) in [6, 6.07) is 1.10. The molecule has 1 aromatic carbocycles. The summed E-state index contributed by atoms with van der Waals surface area (Å²) < 4.78 is 21.9. The molecule has 2 aromatic rings. The SMILES string of the molecule is CC(C)(C)OC(=O)N1CCN2C(=O)c3cc(F)c(Br)c4cnn(c34)CCC2C1. The Morgan fingerprint density at radius 3 is 2.79 bits per heavy atom. The molecular weight excluding hydrogens is 431 g/mol. The van der Waals surface area contributed by atoms with Gasteiger partial charge in [-0.1, -0.05) is 0 Å². The second-order valence-electron chi connectivity index (χ2n) is 8.22. The molecule has 0 N–H and O–H groups in total. The second kappa shape index (κ2) is 6.72. The first-order valence-corrected chi connectivity index (χ1v) is 10.1. The number of halogens is 2. The van der Waals surface area contributed by atoms with Crippen LogP contribution in [0.25, 0.3) is 10.9 Å². The summed E-state index contributed by atoms with van der Waals surface area (Å²) in [5, 5.41) is 4.94. The van der Waals surface area contributed by atoms with Gasteiger partial charge >= 0.3 is 6.09 Å². The maximum Gasteiger partial charge on any atom is 0.410 e. The number of ether oxygens (including phenoxy) is 1. The van der Waals surface area contributed by atoms with E-state index in [-0.39, 0.29) is 18.0 Å². The van der Waals surface area contributed by atoms with Gasteiger partial charge in [0.2, 0.25) is 0 Å². The fourth-order valence-electron chi connectivity index (χ4n) is 3.84. The van der Waals surface area contributed by atoms with Gasteiger partial charge in [-0.25, -0.2) is 9.18 Å². The van der Waals surface area contributed by atoms with Crippen molar-refractivity contribution in [2.24, 2.45) is 0 Å². The van der Waals surface area contributed by atoms with E-state index in [0.29, 0.717) is 53.5 Å². The number of piperazine rings is 1. The molecule has 0 bridgehead atoms. The highest BCUT2D eigenvalue weighted by atomic mass is 79.9. The first kappa shape index (κ1) is 19.2. The number of benzene rings is 1. The Balaban J connectivity index is 1.65. The van der Waals surface area contributed by atoms with Crippen molar-refractivity contribution in [2.45, 2.75) is 45.4 Å². The number of amides is 2. The van der Waals surface area contributed by atoms with Crippen LogP contribution in [0.4, 0.5) is 9.18 Å². The molecule has 3 heterocycles. The Hall–Kier alpha value is -2.16. The molecule has 0 aliphatic carbocycles. The van der Waals surface area contributed by atoms with Crippen molar-refractivity contribution in [2.75, 3.05) is 19.6 Å². The van der Waals surface area contributed by atoms with Crippen molar-refractivity contribution in [3.05, 3.63) is 28.1 Å². The Morgan fingerprint density at radius 1 is 1.32 bits per heavy atom. The highest BCUT2D eigenvalue weighted by Crippen LogP contribution is 2.33. The van der Waals surface area contributed by atoms with Crippen LogP contribution in [-0.4, -0.2) is 62.9 Å². The molecule has 1 unspecified atom stereocenters. The maximum atomic E-state index is 14.4. The molecular formula is C19H22BrFN4O3. The lowest BCUT2D eigenvalue weighted by Gasteiger charge is -2.42. The minimum absolute atomic E-state index is 0.173. The molecule has 2 aliphatic heterocycles. The van der Waals surface area contributed by atoms with Crippen molar-refractivity contribution in [3.8, 4) is 0 Å². The summed E-state index contributed by atoms with van der Waals surface area (Å²) in [4.78, 5) is 29.1. The Morgan fingerprint density at radius 2 is 2.07 bits per heavy atom. The van der Waals surface area contributed by atoms with Crippen LogP contribution in [0.5, 0.6) is 0 Å². The van der Waals surface area contributed by atoms with Crippen molar-refractivity contribution < 1.29 is 18.7 Å². The number of fused-ring (bicyclic) bond motifs is 1. The molecule has 150 valence electrons. The average Bonchev–Trinajstić information content (AvgIpc) is 3.04. The Kier molecular flexibility index (Phi) is 4.60. The minimum Gasteiger partial charge on any atom is -0.444 e. The van der Waals surface area contributed by atoms with E-state index in [0.717, 1.165) is 0 Å². The van der Waals surface area contributed by atoms with Gasteiger partial charge in [0.15, 0.2) is 0 Å². The fraction of sp³-hybridized carbons (Fsp3) is 0.526. The van der Waals surface area contributed by atoms with Crippen LogP contribution in [0.1, 0.15) is 37.6 Å². The van der Waals surface area contributed by atoms with Crippen LogP contribution in [-0.2, 0) is 11.3 Å². The van der Waals surface area contributed by atoms with Gasteiger partial charge in [-0.2, -0.15) is 5.10 Å². The highest BCUT2D eigenvalue weighted by Gasteiger charge is 2.37. The predicted molar refractivity (Wildman–Crippen MR) is 105 cm³/mol. The standard InChI is InChI=1S/C19H22BrFN4O3/c1-19(2,3)28-18(27)23-6-7-24-11(10-23)4-5-25-16-12(17(24)26)8-14(21)15(20)13(16)9-22-25/h8-9,11H,4-7,10H2,1-3H3. The molecule has 1 fully saturated rings. The smallest absolute Gasteiger partial charge is 0.410 e. The van der Waals surface area contributed by atoms with E-state index in [1.165, 1.54) is 6.07 Å². The van der Waals surface area contributed by atoms with Crippen molar-refractivity contribution in [3.63, 3.8) is 0 Å². The van der Waals surface area contributed by atoms with Crippen molar-refractivity contribution in [1.82, 2.24) is 19.6 Å². The lowest BCUT2D eigenvalue weighted by Crippen LogP contribution is -2.57. The van der Waals surface area contributed by atoms with Gasteiger partial charge in [-0.05, 0) is 49.2 Å². The van der Waals surface area contributed by atoms with Crippen LogP contribution < -0.4 is 0 Å². The first-order valence-electron chi connectivity index (χ1n) is 9.28. The number of hydrogen-bond donors (Lipinski definition) is 0. The zero-order valence-electron chi connectivity index (χ0n) is 16.0. The molecule has 0 saturated carbocycles. The summed E-state index contributed by atoms with van der Waals surface area (Å²) in [6.07, 6.45) is 1.85. The van der Waals surface area contributed by atoms with Gasteiger partial charge < -0.3 is 14.5 Å². The third-order valence-corrected chi connectivity index (χ3v) is 5.92. The number of nitrogens with zero attached hydrogens (tertiary/aromatic N) is 4. The highest BCUT2D eigenvalue weighted by molar-refractivity contribution is 9.10. The van der Waals surface area contributed by atoms with E-state index in [1.807, 2.05) is 20.8 Å². The van der Waals surface area contributed by atoms with E-state index >= 15 is 0 Å². The number of carbonyl (C=O) groups is 2. The van der Waals surface area contributed by atoms with Crippen LogP contribution in [0, 0.1) is 5.82 Å². The molecule has 7 nitrogen and oxygen atoms in total. The van der Waals surface area contributed by atoms with Crippen LogP contribution >= 0.6 is 15.9 Å². The first-order chi connectivity index (χ1) is 13.2. The van der Waals surface area contributed by atoms with E-state index in [1.54, 1.807) is 20.7 Å². The Labute approximate surface area is 170 Å². The lowest BCUT2D eigenvalue weighted by atomic mass is 10.0. The molecule has 28 heavy (non-hydrogen) atoms. The van der Waals surface area contributed by atoms with Gasteiger partial charge in [0, 0.05) is 31.6 Å². The van der Waals surface area contributed by atoms with Crippen LogP contribution in [0.3, 0.4) is 0 Å². The molecule has 9 heteroatoms. The van der Waals surface area contributed by atoms with Gasteiger partial charge in [0.1, 0.15) is 11.4 Å². The second-order valence-corrected chi connectivity index (χ2v) is 9.01. The predicted octanol–water partition coefficient (Wildman–Crippen LogP) is 3.40. The molecule has 0 radical (unpaired) electrons. The summed E-state index contributed by atoms with van der Waals surface area (Å²) >= 11 is 3.25. The molecule has 4 rings (SSSR count). The van der Waals surface area contributed by atoms with E-state index in [2.05, 4.69) is 21.0 Å². The third-order valence-electron chi connectivity index (χ3n) is 5.11. The number of aromatic nitrogens is 2. The minimum atomic E-state index is -0.574. The van der Waals surface area contributed by atoms with Gasteiger partial charge in [0.25, 0.3) is 5.91 Å². The van der Waals surface area contributed by atoms with E-state index < -0.39 is 11.4 Å². The average molecular weight is 453 g/mol. The monoisotopic (exact) mass is 452 g/mol. The van der Waals surface area contributed by atoms with Crippen LogP contribution in [0.15, 0.2) is 16.7 Å². The Bertz CT molecular complexity index is 968. The quantitative estimate of drug-likeness (QED) is 0.614.